The van der Waals surface area contributed by atoms with Crippen LogP contribution in [0, 0.1) is 0 Å². The van der Waals surface area contributed by atoms with E-state index in [1.54, 1.807) is 12.5 Å². The number of imidazole rings is 1. The zero-order chi connectivity index (χ0) is 25.1. The van der Waals surface area contributed by atoms with E-state index in [1.807, 2.05) is 39.9 Å². The van der Waals surface area contributed by atoms with Crippen LogP contribution in [0.4, 0.5) is 0 Å². The summed E-state index contributed by atoms with van der Waals surface area (Å²) in [5.41, 5.74) is 6.08. The number of H-pyrrole nitrogens is 1. The third-order valence-electron chi connectivity index (χ3n) is 7.07. The molecule has 1 aliphatic carbocycles. The smallest absolute Gasteiger partial charge is 0.292 e. The van der Waals surface area contributed by atoms with Crippen LogP contribution in [0.25, 0.3) is 17.1 Å². The van der Waals surface area contributed by atoms with Crippen molar-refractivity contribution in [3.05, 3.63) is 89.2 Å². The Balaban J connectivity index is 1.34. The Morgan fingerprint density at radius 2 is 2.03 bits per heavy atom. The first-order valence-corrected chi connectivity index (χ1v) is 13.7. The minimum atomic E-state index is -0.446. The standard InChI is InChI=1S/C26H25N7O2P2/c34-25(23-20(14-6-7-14)30-24(35-23)17-5-1-2-9-27-17)32-11-8-16-21(29-13-28-16)22(32)18-12-19-15(26(36)37)4-3-10-33(19)31-18/h1-5,9-10,12-14,22,26H,6-8,11,36-37H2,(H,28,29)/t22-/m1/s1. The number of hydrogen-bond acceptors (Lipinski definition) is 6. The highest BCUT2D eigenvalue weighted by Gasteiger charge is 2.41. The predicted molar refractivity (Wildman–Crippen MR) is 144 cm³/mol. The molecule has 11 heteroatoms. The van der Waals surface area contributed by atoms with Crippen molar-refractivity contribution in [3.63, 3.8) is 0 Å². The third-order valence-corrected chi connectivity index (χ3v) is 7.79. The van der Waals surface area contributed by atoms with Crippen molar-refractivity contribution in [1.82, 2.24) is 34.4 Å². The lowest BCUT2D eigenvalue weighted by Crippen LogP contribution is -2.41. The zero-order valence-electron chi connectivity index (χ0n) is 19.9. The quantitative estimate of drug-likeness (QED) is 0.336. The van der Waals surface area contributed by atoms with Crippen molar-refractivity contribution in [2.75, 3.05) is 6.54 Å². The fourth-order valence-electron chi connectivity index (χ4n) is 5.11. The number of aromatic amines is 1. The number of pyridine rings is 2. The normalized spacial score (nSPS) is 17.5. The Kier molecular flexibility index (Phi) is 5.45. The van der Waals surface area contributed by atoms with Crippen LogP contribution in [0.1, 0.15) is 69.1 Å². The van der Waals surface area contributed by atoms with Crippen molar-refractivity contribution in [2.45, 2.75) is 36.6 Å². The lowest BCUT2D eigenvalue weighted by Gasteiger charge is -2.33. The maximum Gasteiger partial charge on any atom is 0.292 e. The van der Waals surface area contributed by atoms with Gasteiger partial charge >= 0.3 is 0 Å². The second-order valence-corrected chi connectivity index (χ2v) is 11.7. The molecule has 0 saturated heterocycles. The highest BCUT2D eigenvalue weighted by atomic mass is 31.1. The van der Waals surface area contributed by atoms with Gasteiger partial charge in [-0.2, -0.15) is 5.10 Å². The molecule has 5 aromatic rings. The maximum absolute atomic E-state index is 14.2. The van der Waals surface area contributed by atoms with E-state index in [0.717, 1.165) is 46.7 Å². The van der Waals surface area contributed by atoms with Crippen molar-refractivity contribution < 1.29 is 9.21 Å². The van der Waals surface area contributed by atoms with Crippen LogP contribution in [0.5, 0.6) is 0 Å². The molecule has 9 nitrogen and oxygen atoms in total. The first-order chi connectivity index (χ1) is 18.1. The molecular formula is C26H25N7O2P2. The number of rotatable bonds is 5. The summed E-state index contributed by atoms with van der Waals surface area (Å²) in [7, 11) is 5.63. The molecule has 1 saturated carbocycles. The molecule has 2 aliphatic rings. The van der Waals surface area contributed by atoms with E-state index in [-0.39, 0.29) is 17.2 Å². The summed E-state index contributed by atoms with van der Waals surface area (Å²) < 4.78 is 8.03. The van der Waals surface area contributed by atoms with Gasteiger partial charge in [-0.3, -0.25) is 9.78 Å². The van der Waals surface area contributed by atoms with Gasteiger partial charge in [0, 0.05) is 42.4 Å². The van der Waals surface area contributed by atoms with E-state index in [0.29, 0.717) is 30.3 Å². The summed E-state index contributed by atoms with van der Waals surface area (Å²) in [6.07, 6.45) is 8.00. The van der Waals surface area contributed by atoms with Crippen LogP contribution < -0.4 is 0 Å². The summed E-state index contributed by atoms with van der Waals surface area (Å²) in [5.74, 6) is 0.723. The summed E-state index contributed by atoms with van der Waals surface area (Å²) in [5, 5.41) is 5.08. The summed E-state index contributed by atoms with van der Waals surface area (Å²) in [6, 6.07) is 11.3. The molecule has 3 atom stereocenters. The number of fused-ring (bicyclic) bond motifs is 2. The molecule has 186 valence electrons. The second-order valence-electron chi connectivity index (χ2n) is 9.53. The number of carbonyl (C=O) groups is 1. The number of nitrogens with one attached hydrogen (secondary N) is 1. The van der Waals surface area contributed by atoms with Crippen LogP contribution in [0.2, 0.25) is 0 Å². The molecule has 1 fully saturated rings. The van der Waals surface area contributed by atoms with Crippen molar-refractivity contribution in [2.24, 2.45) is 0 Å². The highest BCUT2D eigenvalue weighted by Crippen LogP contribution is 2.44. The SMILES string of the molecule is O=C(c1oc(-c2ccccn2)nc1C1CC1)N1CCc2[nH]cnc2[C@H]1c1cc2c(C(P)P)cccn2n1. The summed E-state index contributed by atoms with van der Waals surface area (Å²) in [4.78, 5) is 33.0. The maximum atomic E-state index is 14.2. The second kappa shape index (κ2) is 8.86. The molecule has 1 N–H and O–H groups in total. The monoisotopic (exact) mass is 529 g/mol. The molecular weight excluding hydrogens is 504 g/mol. The number of carbonyl (C=O) groups excluding carboxylic acids is 1. The number of hydrogen-bond donors (Lipinski definition) is 1. The number of nitrogens with zero attached hydrogens (tertiary/aromatic N) is 6. The van der Waals surface area contributed by atoms with Gasteiger partial charge < -0.3 is 14.3 Å². The Labute approximate surface area is 217 Å². The number of oxazole rings is 1. The molecule has 1 aliphatic heterocycles. The van der Waals surface area contributed by atoms with Crippen LogP contribution in [0.3, 0.4) is 0 Å². The van der Waals surface area contributed by atoms with Crippen molar-refractivity contribution in [3.8, 4) is 11.6 Å². The molecule has 0 bridgehead atoms. The van der Waals surface area contributed by atoms with E-state index in [1.165, 1.54) is 0 Å². The molecule has 7 rings (SSSR count). The van der Waals surface area contributed by atoms with E-state index >= 15 is 0 Å². The van der Waals surface area contributed by atoms with Gasteiger partial charge in [0.05, 0.1) is 28.9 Å². The Hall–Kier alpha value is -3.41. The van der Waals surface area contributed by atoms with Crippen LogP contribution in [-0.2, 0) is 6.42 Å². The highest BCUT2D eigenvalue weighted by molar-refractivity contribution is 7.37. The average Bonchev–Trinajstić information content (AvgIpc) is 3.31. The average molecular weight is 529 g/mol. The predicted octanol–water partition coefficient (Wildman–Crippen LogP) is 4.52. The molecule has 5 aromatic heterocycles. The Morgan fingerprint density at radius 1 is 1.14 bits per heavy atom. The van der Waals surface area contributed by atoms with Crippen LogP contribution >= 0.6 is 18.5 Å². The molecule has 1 amide bonds. The molecule has 37 heavy (non-hydrogen) atoms. The fraction of sp³-hybridized carbons (Fsp3) is 0.269. The minimum absolute atomic E-state index is 0.179. The van der Waals surface area contributed by atoms with Gasteiger partial charge in [-0.1, -0.05) is 12.1 Å². The zero-order valence-corrected chi connectivity index (χ0v) is 22.2. The first kappa shape index (κ1) is 22.8. The summed E-state index contributed by atoms with van der Waals surface area (Å²) >= 11 is 0. The van der Waals surface area contributed by atoms with Gasteiger partial charge in [-0.05, 0) is 42.7 Å². The van der Waals surface area contributed by atoms with Crippen molar-refractivity contribution in [1.29, 1.82) is 0 Å². The molecule has 0 aromatic carbocycles. The molecule has 2 unspecified atom stereocenters. The largest absolute Gasteiger partial charge is 0.429 e. The number of aromatic nitrogens is 6. The third kappa shape index (κ3) is 3.89. The Bertz CT molecular complexity index is 1620. The van der Waals surface area contributed by atoms with Gasteiger partial charge in [0.15, 0.2) is 0 Å². The molecule has 0 radical (unpaired) electrons. The van der Waals surface area contributed by atoms with Gasteiger partial charge in [0.1, 0.15) is 11.7 Å². The lowest BCUT2D eigenvalue weighted by molar-refractivity contribution is 0.0653. The van der Waals surface area contributed by atoms with Crippen molar-refractivity contribution >= 4 is 29.9 Å². The number of amides is 1. The van der Waals surface area contributed by atoms with E-state index < -0.39 is 6.04 Å². The Morgan fingerprint density at radius 3 is 2.81 bits per heavy atom. The molecule has 6 heterocycles. The minimum Gasteiger partial charge on any atom is -0.429 e. The van der Waals surface area contributed by atoms with Gasteiger partial charge in [-0.15, -0.1) is 18.5 Å². The van der Waals surface area contributed by atoms with Crippen LogP contribution in [0.15, 0.2) is 59.5 Å². The van der Waals surface area contributed by atoms with Crippen LogP contribution in [-0.4, -0.2) is 46.9 Å². The first-order valence-electron chi connectivity index (χ1n) is 12.3. The topological polar surface area (TPSA) is 105 Å². The lowest BCUT2D eigenvalue weighted by atomic mass is 9.99. The van der Waals surface area contributed by atoms with Gasteiger partial charge in [0.25, 0.3) is 5.91 Å². The van der Waals surface area contributed by atoms with E-state index in [2.05, 4.69) is 45.6 Å². The summed E-state index contributed by atoms with van der Waals surface area (Å²) in [6.45, 7) is 0.513. The van der Waals surface area contributed by atoms with Gasteiger partial charge in [-0.25, -0.2) is 14.5 Å². The fourth-order valence-corrected chi connectivity index (χ4v) is 5.68. The molecule has 0 spiro atoms. The van der Waals surface area contributed by atoms with E-state index in [4.69, 9.17) is 14.5 Å². The van der Waals surface area contributed by atoms with E-state index in [9.17, 15) is 4.79 Å². The van der Waals surface area contributed by atoms with Gasteiger partial charge in [0.2, 0.25) is 11.7 Å².